The number of amides is 1. The van der Waals surface area contributed by atoms with Crippen molar-refractivity contribution < 1.29 is 23.7 Å². The third-order valence-corrected chi connectivity index (χ3v) is 7.97. The van der Waals surface area contributed by atoms with E-state index in [-0.39, 0.29) is 29.7 Å². The smallest absolute Gasteiger partial charge is 0.296 e. The molecule has 190 valence electrons. The van der Waals surface area contributed by atoms with Crippen molar-refractivity contribution in [1.29, 1.82) is 0 Å². The molecule has 0 spiro atoms. The highest BCUT2D eigenvalue weighted by Crippen LogP contribution is 2.36. The van der Waals surface area contributed by atoms with E-state index >= 15 is 0 Å². The summed E-state index contributed by atoms with van der Waals surface area (Å²) in [5.41, 5.74) is 0.846. The van der Waals surface area contributed by atoms with Crippen LogP contribution in [0.5, 0.6) is 5.75 Å². The van der Waals surface area contributed by atoms with Gasteiger partial charge in [0.25, 0.3) is 5.91 Å². The Morgan fingerprint density at radius 1 is 0.886 bits per heavy atom. The summed E-state index contributed by atoms with van der Waals surface area (Å²) in [5, 5.41) is 13.3. The van der Waals surface area contributed by atoms with E-state index in [1.807, 2.05) is 6.07 Å². The van der Waals surface area contributed by atoms with E-state index in [1.54, 1.807) is 24.3 Å². The number of aromatic hydroxyl groups is 1. The summed E-state index contributed by atoms with van der Waals surface area (Å²) in [6.07, 6.45) is 0. The summed E-state index contributed by atoms with van der Waals surface area (Å²) < 4.78 is 1.33. The van der Waals surface area contributed by atoms with E-state index in [9.17, 15) is 14.7 Å². The predicted octanol–water partition coefficient (Wildman–Crippen LogP) is 0.719. The van der Waals surface area contributed by atoms with E-state index in [1.165, 1.54) is 0 Å². The van der Waals surface area contributed by atoms with Crippen molar-refractivity contribution in [3.63, 3.8) is 0 Å². The zero-order valence-corrected chi connectivity index (χ0v) is 21.5. The molecule has 2 fully saturated rings. The van der Waals surface area contributed by atoms with Crippen LogP contribution in [0.4, 0.5) is 5.69 Å². The van der Waals surface area contributed by atoms with Gasteiger partial charge in [0.05, 0.1) is 40.3 Å². The number of fused-ring (bicyclic) bond motifs is 1. The average molecular weight is 485 g/mol. The number of ketones is 1. The number of quaternary nitrogens is 2. The van der Waals surface area contributed by atoms with E-state index in [2.05, 4.69) is 38.0 Å². The molecule has 0 saturated carbocycles. The van der Waals surface area contributed by atoms with Crippen molar-refractivity contribution in [2.75, 3.05) is 98.6 Å². The summed E-state index contributed by atoms with van der Waals surface area (Å²) in [4.78, 5) is 30.9. The summed E-state index contributed by atoms with van der Waals surface area (Å²) in [6, 6.07) is 8.80. The van der Waals surface area contributed by atoms with Crippen molar-refractivity contribution >= 4 is 28.2 Å². The van der Waals surface area contributed by atoms with E-state index in [0.717, 1.165) is 57.4 Å². The number of likely N-dealkylation sites (N-methyl/N-ethyl adjacent to an activating group) is 4. The van der Waals surface area contributed by atoms with Gasteiger partial charge in [0.1, 0.15) is 18.0 Å². The number of hydrogen-bond donors (Lipinski definition) is 2. The van der Waals surface area contributed by atoms with E-state index < -0.39 is 0 Å². The molecule has 9 heteroatoms. The molecule has 0 aliphatic carbocycles. The highest BCUT2D eigenvalue weighted by Gasteiger charge is 2.33. The number of hydrazine groups is 1. The van der Waals surface area contributed by atoms with Gasteiger partial charge in [0, 0.05) is 37.1 Å². The van der Waals surface area contributed by atoms with Gasteiger partial charge in [-0.05, 0) is 25.5 Å². The van der Waals surface area contributed by atoms with Crippen LogP contribution in [0.15, 0.2) is 30.3 Å². The van der Waals surface area contributed by atoms with Gasteiger partial charge in [-0.1, -0.05) is 24.3 Å². The summed E-state index contributed by atoms with van der Waals surface area (Å²) in [7, 11) is 8.39. The molecular formula is C26H40N6O3+2. The fourth-order valence-corrected chi connectivity index (χ4v) is 5.15. The number of nitrogens with zero attached hydrogens (tertiary/aromatic N) is 5. The zero-order valence-electron chi connectivity index (χ0n) is 21.5. The first kappa shape index (κ1) is 25.5. The normalized spacial score (nSPS) is 20.6. The number of anilines is 1. The summed E-state index contributed by atoms with van der Waals surface area (Å²) >= 11 is 0. The van der Waals surface area contributed by atoms with Crippen LogP contribution in [-0.2, 0) is 4.79 Å². The number of carbonyl (C=O) groups is 2. The highest BCUT2D eigenvalue weighted by molar-refractivity contribution is 6.11. The second-order valence-corrected chi connectivity index (χ2v) is 11.1. The number of Topliss-reactive ketones (excluding diaryl/α,β-unsaturated/α-hetero) is 1. The molecule has 0 aromatic heterocycles. The number of benzene rings is 2. The Kier molecular flexibility index (Phi) is 7.17. The topological polar surface area (TPSA) is 90.1 Å². The lowest BCUT2D eigenvalue weighted by Crippen LogP contribution is -2.60. The maximum Gasteiger partial charge on any atom is 0.296 e. The summed E-state index contributed by atoms with van der Waals surface area (Å²) in [5.74, 6) is 5.95. The second-order valence-electron chi connectivity index (χ2n) is 11.1. The molecule has 1 amide bonds. The number of piperazine rings is 2. The van der Waals surface area contributed by atoms with Crippen LogP contribution in [-0.4, -0.2) is 129 Å². The third kappa shape index (κ3) is 5.49. The molecule has 0 unspecified atom stereocenters. The van der Waals surface area contributed by atoms with Gasteiger partial charge in [0.2, 0.25) is 5.78 Å². The molecule has 0 bridgehead atoms. The van der Waals surface area contributed by atoms with Crippen molar-refractivity contribution in [3.05, 3.63) is 35.9 Å². The first-order valence-electron chi connectivity index (χ1n) is 12.4. The molecule has 9 nitrogen and oxygen atoms in total. The maximum absolute atomic E-state index is 13.3. The Morgan fingerprint density at radius 2 is 1.43 bits per heavy atom. The minimum Gasteiger partial charge on any atom is -0.505 e. The van der Waals surface area contributed by atoms with Gasteiger partial charge in [-0.2, -0.15) is 0 Å². The van der Waals surface area contributed by atoms with E-state index in [0.29, 0.717) is 31.8 Å². The van der Waals surface area contributed by atoms with Crippen molar-refractivity contribution in [2.45, 2.75) is 0 Å². The second kappa shape index (κ2) is 9.83. The monoisotopic (exact) mass is 484 g/mol. The average Bonchev–Trinajstić information content (AvgIpc) is 2.82. The summed E-state index contributed by atoms with van der Waals surface area (Å²) in [6.45, 7) is 8.10. The Hall–Kier alpha value is -2.56. The molecule has 0 atom stereocenters. The number of hydrogen-bond acceptors (Lipinski definition) is 6. The number of rotatable bonds is 6. The lowest BCUT2D eigenvalue weighted by atomic mass is 9.99. The first-order chi connectivity index (χ1) is 16.5. The lowest BCUT2D eigenvalue weighted by molar-refractivity contribution is -0.905. The van der Waals surface area contributed by atoms with Crippen LogP contribution < -0.4 is 10.9 Å². The zero-order chi connectivity index (χ0) is 25.4. The quantitative estimate of drug-likeness (QED) is 0.207. The van der Waals surface area contributed by atoms with Crippen LogP contribution in [0.2, 0.25) is 0 Å². The molecular weight excluding hydrogens is 444 g/mol. The van der Waals surface area contributed by atoms with Crippen molar-refractivity contribution in [3.8, 4) is 5.75 Å². The lowest BCUT2D eigenvalue weighted by Gasteiger charge is -2.40. The fraction of sp³-hybridized carbons (Fsp3) is 0.538. The third-order valence-electron chi connectivity index (χ3n) is 7.97. The van der Waals surface area contributed by atoms with Gasteiger partial charge in [-0.3, -0.25) is 19.4 Å². The molecule has 2 aliphatic rings. The standard InChI is InChI=1S/C26H39N6O3/c1-28-10-14-31(3,15-11-28)18-24(33)21-6-5-7-22-20(21)8-9-23(26(22)35)30(27)25(34)19-32(4)16-12-29(2)13-17-32/h5-9H,10-19,27H2,1-4H3/q+1/p+1. The molecule has 2 aliphatic heterocycles. The molecule has 0 radical (unpaired) electrons. The Labute approximate surface area is 208 Å². The Morgan fingerprint density at radius 3 is 2.00 bits per heavy atom. The Balaban J connectivity index is 1.54. The first-order valence-corrected chi connectivity index (χ1v) is 12.4. The van der Waals surface area contributed by atoms with Crippen LogP contribution >= 0.6 is 0 Å². The van der Waals surface area contributed by atoms with E-state index in [4.69, 9.17) is 5.84 Å². The maximum atomic E-state index is 13.3. The van der Waals surface area contributed by atoms with Gasteiger partial charge in [-0.25, -0.2) is 10.9 Å². The van der Waals surface area contributed by atoms with Crippen molar-refractivity contribution in [1.82, 2.24) is 9.80 Å². The molecule has 4 rings (SSSR count). The molecule has 2 aromatic rings. The molecule has 2 heterocycles. The van der Waals surface area contributed by atoms with Crippen LogP contribution in [0.3, 0.4) is 0 Å². The number of carbonyl (C=O) groups excluding carboxylic acids is 2. The molecule has 2 saturated heterocycles. The van der Waals surface area contributed by atoms with Crippen LogP contribution in [0.25, 0.3) is 10.8 Å². The number of nitrogens with two attached hydrogens (primary N) is 1. The fourth-order valence-electron chi connectivity index (χ4n) is 5.15. The number of phenols is 1. The SMILES string of the molecule is CN1CC[N+](C)(CC(=O)c2cccc3c(O)c(N(N)C(=O)C[N+]4(C)CCN(C)CC4)ccc23)CC1. The molecule has 2 aromatic carbocycles. The largest absolute Gasteiger partial charge is 0.505 e. The van der Waals surface area contributed by atoms with Crippen LogP contribution in [0, 0.1) is 0 Å². The van der Waals surface area contributed by atoms with Crippen LogP contribution in [0.1, 0.15) is 10.4 Å². The predicted molar refractivity (Wildman–Crippen MR) is 138 cm³/mol. The van der Waals surface area contributed by atoms with Gasteiger partial charge in [-0.15, -0.1) is 0 Å². The molecule has 3 N–H and O–H groups in total. The van der Waals surface area contributed by atoms with Crippen molar-refractivity contribution in [2.24, 2.45) is 5.84 Å². The van der Waals surface area contributed by atoms with Gasteiger partial charge < -0.3 is 14.1 Å². The van der Waals surface area contributed by atoms with Gasteiger partial charge in [0.15, 0.2) is 6.54 Å². The minimum absolute atomic E-state index is 0.0583. The molecule has 35 heavy (non-hydrogen) atoms. The highest BCUT2D eigenvalue weighted by atomic mass is 16.3. The minimum atomic E-state index is -0.244. The van der Waals surface area contributed by atoms with Gasteiger partial charge >= 0.3 is 0 Å². The Bertz CT molecular complexity index is 1100. The number of phenolic OH excluding ortho intramolecular Hbond substituents is 1.